The molecule has 2 heterocycles. The molecule has 1 atom stereocenters. The van der Waals surface area contributed by atoms with Crippen molar-refractivity contribution in [1.29, 1.82) is 0 Å². The van der Waals surface area contributed by atoms with E-state index in [9.17, 15) is 9.59 Å². The molecule has 1 aliphatic rings. The second kappa shape index (κ2) is 10.9. The first-order chi connectivity index (χ1) is 18.1. The quantitative estimate of drug-likeness (QED) is 0.136. The Hall–Kier alpha value is -4.14. The zero-order chi connectivity index (χ0) is 25.8. The zero-order valence-corrected chi connectivity index (χ0v) is 20.8. The molecule has 0 bridgehead atoms. The molecular weight excluding hydrogens is 466 g/mol. The van der Waals surface area contributed by atoms with Gasteiger partial charge in [-0.25, -0.2) is 5.48 Å². The monoisotopic (exact) mass is 497 g/mol. The number of amides is 2. The van der Waals surface area contributed by atoms with Gasteiger partial charge < -0.3 is 15.3 Å². The van der Waals surface area contributed by atoms with Gasteiger partial charge in [-0.15, -0.1) is 0 Å². The normalized spacial score (nSPS) is 14.9. The highest BCUT2D eigenvalue weighted by molar-refractivity contribution is 5.92. The van der Waals surface area contributed by atoms with E-state index in [1.807, 2.05) is 24.3 Å². The Morgan fingerprint density at radius 3 is 2.86 bits per heavy atom. The fourth-order valence-corrected chi connectivity index (χ4v) is 5.27. The first kappa shape index (κ1) is 24.5. The van der Waals surface area contributed by atoms with Crippen LogP contribution in [-0.4, -0.2) is 45.5 Å². The summed E-state index contributed by atoms with van der Waals surface area (Å²) in [6.45, 7) is 1.56. The molecule has 37 heavy (non-hydrogen) atoms. The molecule has 8 heteroatoms. The van der Waals surface area contributed by atoms with E-state index in [1.165, 1.54) is 28.2 Å². The van der Waals surface area contributed by atoms with E-state index >= 15 is 0 Å². The minimum Gasteiger partial charge on any atom is -0.361 e. The van der Waals surface area contributed by atoms with Crippen molar-refractivity contribution in [3.63, 3.8) is 0 Å². The summed E-state index contributed by atoms with van der Waals surface area (Å²) in [6, 6.07) is 18.7. The molecule has 0 fully saturated rings. The topological polar surface area (TPSA) is 113 Å². The lowest BCUT2D eigenvalue weighted by molar-refractivity contribution is -0.124. The number of aromatic amines is 2. The Bertz CT molecular complexity index is 1450. The van der Waals surface area contributed by atoms with Gasteiger partial charge in [0.2, 0.25) is 0 Å². The van der Waals surface area contributed by atoms with E-state index in [2.05, 4.69) is 56.7 Å². The maximum absolute atomic E-state index is 12.1. The van der Waals surface area contributed by atoms with Crippen molar-refractivity contribution in [1.82, 2.24) is 25.7 Å². The van der Waals surface area contributed by atoms with Crippen molar-refractivity contribution in [2.75, 3.05) is 13.6 Å². The maximum Gasteiger partial charge on any atom is 0.267 e. The predicted molar refractivity (Wildman–Crippen MR) is 143 cm³/mol. The van der Waals surface area contributed by atoms with Crippen LogP contribution in [0, 0.1) is 0 Å². The molecule has 2 aromatic carbocycles. The number of benzene rings is 2. The third-order valence-electron chi connectivity index (χ3n) is 7.13. The highest BCUT2D eigenvalue weighted by Crippen LogP contribution is 2.37. The molecule has 190 valence electrons. The lowest BCUT2D eigenvalue weighted by Crippen LogP contribution is -2.29. The minimum atomic E-state index is -0.552. The summed E-state index contributed by atoms with van der Waals surface area (Å²) in [5.41, 5.74) is 9.10. The number of fused-ring (bicyclic) bond motifs is 2. The van der Waals surface area contributed by atoms with Crippen LogP contribution in [0.25, 0.3) is 17.0 Å². The number of aryl methyl sites for hydroxylation is 1. The average Bonchev–Trinajstić information content (AvgIpc) is 3.67. The smallest absolute Gasteiger partial charge is 0.267 e. The Labute approximate surface area is 215 Å². The molecule has 2 aromatic heterocycles. The van der Waals surface area contributed by atoms with Gasteiger partial charge in [0.1, 0.15) is 5.69 Å². The molecule has 2 amide bonds. The van der Waals surface area contributed by atoms with Crippen LogP contribution < -0.4 is 10.8 Å². The van der Waals surface area contributed by atoms with Crippen molar-refractivity contribution in [2.24, 2.45) is 0 Å². The number of carbonyl (C=O) groups is 2. The van der Waals surface area contributed by atoms with Crippen LogP contribution in [0.5, 0.6) is 0 Å². The van der Waals surface area contributed by atoms with E-state index in [1.54, 1.807) is 18.6 Å². The number of hydroxylamine groups is 1. The van der Waals surface area contributed by atoms with Crippen LogP contribution >= 0.6 is 0 Å². The summed E-state index contributed by atoms with van der Waals surface area (Å²) in [5, 5.41) is 12.6. The molecule has 0 aliphatic heterocycles. The Morgan fingerprint density at radius 2 is 2.03 bits per heavy atom. The van der Waals surface area contributed by atoms with Crippen LogP contribution in [-0.2, 0) is 24.2 Å². The molecule has 0 saturated heterocycles. The number of H-pyrrole nitrogens is 2. The van der Waals surface area contributed by atoms with Gasteiger partial charge >= 0.3 is 0 Å². The molecule has 0 saturated carbocycles. The van der Waals surface area contributed by atoms with E-state index in [0.29, 0.717) is 12.2 Å². The predicted octanol–water partition coefficient (Wildman–Crippen LogP) is 4.11. The number of hydrogen-bond donors (Lipinski definition) is 5. The molecule has 8 nitrogen and oxygen atoms in total. The Kier molecular flexibility index (Phi) is 7.20. The van der Waals surface area contributed by atoms with Gasteiger partial charge in [-0.2, -0.15) is 0 Å². The highest BCUT2D eigenvalue weighted by Gasteiger charge is 2.28. The number of rotatable bonds is 9. The molecular formula is C29H31N5O3. The number of nitrogens with one attached hydrogen (secondary N) is 4. The second-order valence-corrected chi connectivity index (χ2v) is 9.38. The van der Waals surface area contributed by atoms with Crippen LogP contribution in [0.1, 0.15) is 50.9 Å². The van der Waals surface area contributed by atoms with Crippen LogP contribution in [0.4, 0.5) is 0 Å². The van der Waals surface area contributed by atoms with Crippen LogP contribution in [0.15, 0.2) is 66.9 Å². The Morgan fingerprint density at radius 1 is 1.16 bits per heavy atom. The SMILES string of the molecule is CNC(=O)c1ccc(CN(CCc2c[nH]c3ccccc23)C2CCc3cc(C=CC(=O)NO)ccc32)[nH]1. The third kappa shape index (κ3) is 5.35. The van der Waals surface area contributed by atoms with Gasteiger partial charge in [0.05, 0.1) is 0 Å². The van der Waals surface area contributed by atoms with E-state index in [-0.39, 0.29) is 11.9 Å². The highest BCUT2D eigenvalue weighted by atomic mass is 16.5. The van der Waals surface area contributed by atoms with Crippen molar-refractivity contribution in [3.8, 4) is 0 Å². The first-order valence-corrected chi connectivity index (χ1v) is 12.5. The number of aromatic nitrogens is 2. The van der Waals surface area contributed by atoms with Gasteiger partial charge in [-0.05, 0) is 65.8 Å². The fraction of sp³-hybridized carbons (Fsp3) is 0.241. The second-order valence-electron chi connectivity index (χ2n) is 9.38. The zero-order valence-electron chi connectivity index (χ0n) is 20.8. The number of nitrogens with zero attached hydrogens (tertiary/aromatic N) is 1. The largest absolute Gasteiger partial charge is 0.361 e. The van der Waals surface area contributed by atoms with E-state index in [4.69, 9.17) is 5.21 Å². The van der Waals surface area contributed by atoms with Crippen molar-refractivity contribution >= 4 is 28.8 Å². The summed E-state index contributed by atoms with van der Waals surface area (Å²) in [7, 11) is 1.63. The molecule has 0 spiro atoms. The van der Waals surface area contributed by atoms with Gasteiger partial charge in [0.15, 0.2) is 0 Å². The van der Waals surface area contributed by atoms with Crippen molar-refractivity contribution in [2.45, 2.75) is 31.8 Å². The van der Waals surface area contributed by atoms with E-state index in [0.717, 1.165) is 42.6 Å². The van der Waals surface area contributed by atoms with Crippen LogP contribution in [0.3, 0.4) is 0 Å². The summed E-state index contributed by atoms with van der Waals surface area (Å²) in [4.78, 5) is 32.6. The lowest BCUT2D eigenvalue weighted by Gasteiger charge is -2.29. The summed E-state index contributed by atoms with van der Waals surface area (Å²) in [5.74, 6) is -0.679. The summed E-state index contributed by atoms with van der Waals surface area (Å²) >= 11 is 0. The van der Waals surface area contributed by atoms with E-state index < -0.39 is 5.91 Å². The fourth-order valence-electron chi connectivity index (χ4n) is 5.27. The molecule has 1 unspecified atom stereocenters. The Balaban J connectivity index is 1.39. The number of carbonyl (C=O) groups excluding carboxylic acids is 2. The molecule has 4 aromatic rings. The van der Waals surface area contributed by atoms with Crippen molar-refractivity contribution in [3.05, 3.63) is 101 Å². The molecule has 5 N–H and O–H groups in total. The molecule has 5 rings (SSSR count). The lowest BCUT2D eigenvalue weighted by atomic mass is 10.0. The van der Waals surface area contributed by atoms with Gasteiger partial charge in [0.25, 0.3) is 11.8 Å². The summed E-state index contributed by atoms with van der Waals surface area (Å²) in [6.07, 6.45) is 7.97. The average molecular weight is 498 g/mol. The molecule has 0 radical (unpaired) electrons. The van der Waals surface area contributed by atoms with Gasteiger partial charge in [-0.3, -0.25) is 19.7 Å². The minimum absolute atomic E-state index is 0.127. The number of hydrogen-bond acceptors (Lipinski definition) is 4. The van der Waals surface area contributed by atoms with Gasteiger partial charge in [-0.1, -0.05) is 36.4 Å². The maximum atomic E-state index is 12.1. The molecule has 1 aliphatic carbocycles. The third-order valence-corrected chi connectivity index (χ3v) is 7.13. The standard InChI is InChI=1S/C29H31N5O3/c1-30-29(36)26-11-9-22(32-26)18-34(15-14-21-17-31-25-5-3-2-4-23(21)25)27-12-8-20-16-19(6-10-24(20)27)7-13-28(35)33-37/h2-7,9-11,13,16-17,27,31-32,37H,8,12,14-15,18H2,1H3,(H,30,36)(H,33,35). The van der Waals surface area contributed by atoms with Crippen molar-refractivity contribution < 1.29 is 14.8 Å². The number of para-hydroxylation sites is 1. The first-order valence-electron chi connectivity index (χ1n) is 12.5. The summed E-state index contributed by atoms with van der Waals surface area (Å²) < 4.78 is 0. The van der Waals surface area contributed by atoms with Crippen LogP contribution in [0.2, 0.25) is 0 Å². The van der Waals surface area contributed by atoms with Gasteiger partial charge in [0, 0.05) is 55.0 Å².